The Hall–Kier alpha value is -4.17. The van der Waals surface area contributed by atoms with Crippen LogP contribution in [0.3, 0.4) is 0 Å². The van der Waals surface area contributed by atoms with Gasteiger partial charge in [-0.25, -0.2) is 9.97 Å². The van der Waals surface area contributed by atoms with Crippen LogP contribution in [0.1, 0.15) is 15.9 Å². The third kappa shape index (κ3) is 8.66. The van der Waals surface area contributed by atoms with Crippen molar-refractivity contribution in [3.63, 3.8) is 0 Å². The Labute approximate surface area is 242 Å². The normalized spacial score (nSPS) is 11.3. The van der Waals surface area contributed by atoms with E-state index in [9.17, 15) is 13.6 Å². The minimum Gasteiger partial charge on any atom is -0.435 e. The third-order valence-corrected chi connectivity index (χ3v) is 6.08. The highest BCUT2D eigenvalue weighted by atomic mass is 19.3. The van der Waals surface area contributed by atoms with Gasteiger partial charge in [-0.15, -0.1) is 0 Å². The van der Waals surface area contributed by atoms with Crippen molar-refractivity contribution in [2.24, 2.45) is 5.73 Å². The van der Waals surface area contributed by atoms with Crippen molar-refractivity contribution in [1.82, 2.24) is 19.7 Å². The number of halogens is 2. The Morgan fingerprint density at radius 3 is 2.38 bits per heavy atom. The van der Waals surface area contributed by atoms with Crippen LogP contribution < -0.4 is 21.1 Å². The molecule has 0 saturated carbocycles. The number of nitrogens with zero attached hydrogens (tertiary/aromatic N) is 3. The van der Waals surface area contributed by atoms with E-state index in [1.165, 1.54) is 12.1 Å². The third-order valence-electron chi connectivity index (χ3n) is 6.08. The van der Waals surface area contributed by atoms with Crippen LogP contribution in [0.15, 0.2) is 61.1 Å². The summed E-state index contributed by atoms with van der Waals surface area (Å²) in [6.07, 6.45) is 5.08. The van der Waals surface area contributed by atoms with Crippen LogP contribution in [0, 0.1) is 6.92 Å². The van der Waals surface area contributed by atoms with Crippen molar-refractivity contribution in [3.8, 4) is 17.0 Å². The number of carbonyl (C=O) groups is 1. The van der Waals surface area contributed by atoms with E-state index in [0.29, 0.717) is 69.8 Å². The highest BCUT2D eigenvalue weighted by Crippen LogP contribution is 2.27. The first kappa shape index (κ1) is 30.8. The van der Waals surface area contributed by atoms with Gasteiger partial charge < -0.3 is 35.3 Å². The van der Waals surface area contributed by atoms with Crippen LogP contribution in [0.2, 0.25) is 0 Å². The van der Waals surface area contributed by atoms with Crippen molar-refractivity contribution < 1.29 is 32.5 Å². The monoisotopic (exact) mass is 584 g/mol. The topological polar surface area (TPSA) is 134 Å². The number of aromatic nitrogens is 3. The molecular weight excluding hydrogens is 550 g/mol. The molecule has 4 rings (SSSR count). The summed E-state index contributed by atoms with van der Waals surface area (Å²) in [5.41, 5.74) is 9.52. The molecule has 0 unspecified atom stereocenters. The van der Waals surface area contributed by atoms with Crippen molar-refractivity contribution in [1.29, 1.82) is 0 Å². The van der Waals surface area contributed by atoms with Crippen LogP contribution in [-0.2, 0) is 14.2 Å². The fraction of sp³-hybridized carbons (Fsp3) is 0.345. The van der Waals surface area contributed by atoms with E-state index in [0.717, 1.165) is 22.5 Å². The molecule has 2 aromatic heterocycles. The van der Waals surface area contributed by atoms with Crippen molar-refractivity contribution in [2.75, 3.05) is 58.0 Å². The molecule has 0 radical (unpaired) electrons. The summed E-state index contributed by atoms with van der Waals surface area (Å²) in [7, 11) is 0. The largest absolute Gasteiger partial charge is 0.435 e. The molecule has 0 spiro atoms. The number of alkyl halides is 2. The number of fused-ring (bicyclic) bond motifs is 1. The minimum absolute atomic E-state index is 0.0783. The second-order valence-electron chi connectivity index (χ2n) is 9.05. The SMILES string of the molecule is Cc1cc(Nc2nccn3c(-c4ccc(OC(F)F)cc4)cnc23)ccc1C(=O)NCCOCCOCCOCCN. The van der Waals surface area contributed by atoms with Crippen LogP contribution in [0.5, 0.6) is 5.75 Å². The van der Waals surface area contributed by atoms with Gasteiger partial charge in [-0.2, -0.15) is 8.78 Å². The summed E-state index contributed by atoms with van der Waals surface area (Å²) >= 11 is 0. The van der Waals surface area contributed by atoms with Crippen LogP contribution in [-0.4, -0.2) is 79.6 Å². The summed E-state index contributed by atoms with van der Waals surface area (Å²) in [6.45, 7) is 2.57. The summed E-state index contributed by atoms with van der Waals surface area (Å²) < 4.78 is 47.3. The predicted octanol–water partition coefficient (Wildman–Crippen LogP) is 3.79. The lowest BCUT2D eigenvalue weighted by molar-refractivity contribution is -0.0498. The molecular formula is C29H34F2N6O5. The van der Waals surface area contributed by atoms with Gasteiger partial charge >= 0.3 is 6.61 Å². The lowest BCUT2D eigenvalue weighted by Gasteiger charge is -2.12. The van der Waals surface area contributed by atoms with Gasteiger partial charge in [-0.3, -0.25) is 9.20 Å². The molecule has 2 heterocycles. The van der Waals surface area contributed by atoms with Gasteiger partial charge in [-0.05, 0) is 55.0 Å². The molecule has 4 aromatic rings. The van der Waals surface area contributed by atoms with Crippen LogP contribution in [0.4, 0.5) is 20.3 Å². The lowest BCUT2D eigenvalue weighted by atomic mass is 10.1. The van der Waals surface area contributed by atoms with Gasteiger partial charge in [0.1, 0.15) is 5.75 Å². The summed E-state index contributed by atoms with van der Waals surface area (Å²) in [5, 5.41) is 6.13. The number of anilines is 2. The number of carbonyl (C=O) groups excluding carboxylic acids is 1. The fourth-order valence-electron chi connectivity index (χ4n) is 4.12. The zero-order valence-electron chi connectivity index (χ0n) is 23.2. The maximum Gasteiger partial charge on any atom is 0.387 e. The number of amides is 1. The molecule has 0 aliphatic carbocycles. The fourth-order valence-corrected chi connectivity index (χ4v) is 4.12. The van der Waals surface area contributed by atoms with Crippen LogP contribution >= 0.6 is 0 Å². The maximum absolute atomic E-state index is 12.7. The number of rotatable bonds is 17. The summed E-state index contributed by atoms with van der Waals surface area (Å²) in [5.74, 6) is 0.399. The van der Waals surface area contributed by atoms with E-state index in [1.54, 1.807) is 42.9 Å². The number of aryl methyl sites for hydroxylation is 1. The Balaban J connectivity index is 1.29. The highest BCUT2D eigenvalue weighted by molar-refractivity contribution is 5.96. The number of benzene rings is 2. The molecule has 0 saturated heterocycles. The van der Waals surface area contributed by atoms with Crippen molar-refractivity contribution >= 4 is 23.1 Å². The molecule has 4 N–H and O–H groups in total. The molecule has 224 valence electrons. The Bertz CT molecular complexity index is 1430. The summed E-state index contributed by atoms with van der Waals surface area (Å²) in [6, 6.07) is 11.7. The number of hydrogen-bond acceptors (Lipinski definition) is 9. The quantitative estimate of drug-likeness (QED) is 0.159. The molecule has 13 heteroatoms. The first-order valence-electron chi connectivity index (χ1n) is 13.4. The molecule has 11 nitrogen and oxygen atoms in total. The number of ether oxygens (including phenoxy) is 4. The first-order chi connectivity index (χ1) is 20.5. The Kier molecular flexibility index (Phi) is 11.5. The number of nitrogens with two attached hydrogens (primary N) is 1. The highest BCUT2D eigenvalue weighted by Gasteiger charge is 2.13. The van der Waals surface area contributed by atoms with Gasteiger partial charge in [0.2, 0.25) is 0 Å². The molecule has 0 atom stereocenters. The smallest absolute Gasteiger partial charge is 0.387 e. The molecule has 0 fully saturated rings. The molecule has 2 aromatic carbocycles. The first-order valence-corrected chi connectivity index (χ1v) is 13.4. The van der Waals surface area contributed by atoms with Crippen molar-refractivity contribution in [3.05, 3.63) is 72.2 Å². The van der Waals surface area contributed by atoms with Gasteiger partial charge in [0.05, 0.1) is 51.5 Å². The average Bonchev–Trinajstić information content (AvgIpc) is 3.41. The second-order valence-corrected chi connectivity index (χ2v) is 9.05. The molecule has 0 bridgehead atoms. The van der Waals surface area contributed by atoms with Crippen LogP contribution in [0.25, 0.3) is 16.9 Å². The van der Waals surface area contributed by atoms with Gasteiger partial charge in [0.15, 0.2) is 11.5 Å². The zero-order valence-corrected chi connectivity index (χ0v) is 23.2. The van der Waals surface area contributed by atoms with Gasteiger partial charge in [0.25, 0.3) is 5.91 Å². The van der Waals surface area contributed by atoms with E-state index in [1.807, 2.05) is 17.4 Å². The Morgan fingerprint density at radius 2 is 1.69 bits per heavy atom. The zero-order chi connectivity index (χ0) is 29.7. The predicted molar refractivity (Wildman–Crippen MR) is 153 cm³/mol. The number of hydrogen-bond donors (Lipinski definition) is 3. The molecule has 0 aliphatic rings. The van der Waals surface area contributed by atoms with Gasteiger partial charge in [-0.1, -0.05) is 0 Å². The average molecular weight is 585 g/mol. The second kappa shape index (κ2) is 15.7. The van der Waals surface area contributed by atoms with Gasteiger partial charge in [0, 0.05) is 42.3 Å². The van der Waals surface area contributed by atoms with Crippen molar-refractivity contribution in [2.45, 2.75) is 13.5 Å². The standard InChI is InChI=1S/C29H34F2N6O5/c1-20-18-22(4-7-24(20)28(38)34-10-13-40-15-17-41-16-14-39-12-8-32)36-26-27-35-19-25(37(27)11-9-33-26)21-2-5-23(6-3-21)42-29(30)31/h2-7,9,11,18-19,29H,8,10,12-17,32H2,1H3,(H,33,36)(H,34,38). The number of nitrogens with one attached hydrogen (secondary N) is 2. The van der Waals surface area contributed by atoms with E-state index in [-0.39, 0.29) is 11.7 Å². The Morgan fingerprint density at radius 1 is 0.976 bits per heavy atom. The summed E-state index contributed by atoms with van der Waals surface area (Å²) in [4.78, 5) is 21.6. The minimum atomic E-state index is -2.88. The lowest BCUT2D eigenvalue weighted by Crippen LogP contribution is -2.28. The van der Waals surface area contributed by atoms with E-state index in [4.69, 9.17) is 19.9 Å². The molecule has 42 heavy (non-hydrogen) atoms. The van der Waals surface area contributed by atoms with E-state index in [2.05, 4.69) is 25.3 Å². The molecule has 1 amide bonds. The maximum atomic E-state index is 12.7. The van der Waals surface area contributed by atoms with E-state index >= 15 is 0 Å². The number of imidazole rings is 1. The molecule has 0 aliphatic heterocycles. The van der Waals surface area contributed by atoms with E-state index < -0.39 is 6.61 Å².